The zero-order valence-corrected chi connectivity index (χ0v) is 10.5. The van der Waals surface area contributed by atoms with Crippen LogP contribution >= 0.6 is 11.3 Å². The second-order valence-corrected chi connectivity index (χ2v) is 4.53. The number of aromatic nitrogens is 2. The molecule has 0 unspecified atom stereocenters. The number of nitrogens with one attached hydrogen (secondary N) is 1. The van der Waals surface area contributed by atoms with Gasteiger partial charge in [-0.2, -0.15) is 0 Å². The van der Waals surface area contributed by atoms with Crippen molar-refractivity contribution in [3.63, 3.8) is 0 Å². The maximum Gasteiger partial charge on any atom is 0.221 e. The Balaban J connectivity index is 1.99. The lowest BCUT2D eigenvalue weighted by atomic mass is 10.3. The molecule has 17 heavy (non-hydrogen) atoms. The van der Waals surface area contributed by atoms with Crippen LogP contribution in [0.3, 0.4) is 0 Å². The van der Waals surface area contributed by atoms with Crippen LogP contribution in [0.5, 0.6) is 5.88 Å². The highest BCUT2D eigenvalue weighted by molar-refractivity contribution is 7.09. The molecule has 0 spiro atoms. The van der Waals surface area contributed by atoms with Crippen molar-refractivity contribution in [3.05, 3.63) is 40.5 Å². The standard InChI is InChI=1S/C12H15N3OS/c1-2-13-6-10-7-14-9-15-12(10)16-8-11-4-3-5-17-11/h3-5,7,9,13H,2,6,8H2,1H3. The summed E-state index contributed by atoms with van der Waals surface area (Å²) in [5.41, 5.74) is 0.992. The number of ether oxygens (including phenoxy) is 1. The van der Waals surface area contributed by atoms with Crippen molar-refractivity contribution in [2.45, 2.75) is 20.1 Å². The lowest BCUT2D eigenvalue weighted by Gasteiger charge is -2.08. The van der Waals surface area contributed by atoms with Crippen molar-refractivity contribution in [2.24, 2.45) is 0 Å². The molecule has 2 aromatic rings. The van der Waals surface area contributed by atoms with E-state index in [2.05, 4.69) is 28.3 Å². The molecular formula is C12H15N3OS. The molecule has 2 rings (SSSR count). The minimum atomic E-state index is 0.563. The molecule has 0 atom stereocenters. The Bertz CT molecular complexity index is 445. The Labute approximate surface area is 105 Å². The Morgan fingerprint density at radius 2 is 2.41 bits per heavy atom. The zero-order valence-electron chi connectivity index (χ0n) is 9.72. The third kappa shape index (κ3) is 3.51. The fourth-order valence-electron chi connectivity index (χ4n) is 1.39. The first-order valence-corrected chi connectivity index (χ1v) is 6.43. The average Bonchev–Trinajstić information content (AvgIpc) is 2.88. The summed E-state index contributed by atoms with van der Waals surface area (Å²) in [5, 5.41) is 5.28. The van der Waals surface area contributed by atoms with Gasteiger partial charge in [0, 0.05) is 23.2 Å². The maximum atomic E-state index is 5.70. The summed E-state index contributed by atoms with van der Waals surface area (Å²) < 4.78 is 5.70. The molecule has 0 aromatic carbocycles. The number of hydrogen-bond donors (Lipinski definition) is 1. The predicted molar refractivity (Wildman–Crippen MR) is 68.1 cm³/mol. The van der Waals surface area contributed by atoms with Gasteiger partial charge in [0.05, 0.1) is 0 Å². The van der Waals surface area contributed by atoms with Crippen LogP contribution in [0.2, 0.25) is 0 Å². The summed E-state index contributed by atoms with van der Waals surface area (Å²) in [5.74, 6) is 0.661. The second kappa shape index (κ2) is 6.32. The maximum absolute atomic E-state index is 5.70. The highest BCUT2D eigenvalue weighted by Gasteiger charge is 2.05. The summed E-state index contributed by atoms with van der Waals surface area (Å²) in [6, 6.07) is 4.07. The molecule has 0 aliphatic carbocycles. The monoisotopic (exact) mass is 249 g/mol. The molecular weight excluding hydrogens is 234 g/mol. The Kier molecular flexibility index (Phi) is 4.46. The first kappa shape index (κ1) is 12.0. The normalized spacial score (nSPS) is 10.4. The minimum absolute atomic E-state index is 0.563. The highest BCUT2D eigenvalue weighted by atomic mass is 32.1. The molecule has 2 aromatic heterocycles. The fourth-order valence-corrected chi connectivity index (χ4v) is 2.01. The lowest BCUT2D eigenvalue weighted by molar-refractivity contribution is 0.292. The first-order chi connectivity index (χ1) is 8.40. The van der Waals surface area contributed by atoms with Gasteiger partial charge in [0.2, 0.25) is 5.88 Å². The summed E-state index contributed by atoms with van der Waals surface area (Å²) in [4.78, 5) is 9.37. The van der Waals surface area contributed by atoms with Crippen molar-refractivity contribution in [3.8, 4) is 5.88 Å². The van der Waals surface area contributed by atoms with E-state index in [0.717, 1.165) is 18.7 Å². The van der Waals surface area contributed by atoms with Gasteiger partial charge in [-0.3, -0.25) is 0 Å². The summed E-state index contributed by atoms with van der Waals surface area (Å²) >= 11 is 1.68. The predicted octanol–water partition coefficient (Wildman–Crippen LogP) is 2.23. The van der Waals surface area contributed by atoms with Crippen LogP contribution in [0.25, 0.3) is 0 Å². The van der Waals surface area contributed by atoms with Crippen molar-refractivity contribution in [1.82, 2.24) is 15.3 Å². The van der Waals surface area contributed by atoms with Gasteiger partial charge in [0.15, 0.2) is 0 Å². The number of hydrogen-bond acceptors (Lipinski definition) is 5. The van der Waals surface area contributed by atoms with Crippen LogP contribution in [-0.4, -0.2) is 16.5 Å². The summed E-state index contributed by atoms with van der Waals surface area (Å²) in [6.45, 7) is 4.28. The van der Waals surface area contributed by atoms with E-state index >= 15 is 0 Å². The van der Waals surface area contributed by atoms with E-state index in [0.29, 0.717) is 12.5 Å². The molecule has 0 saturated heterocycles. The number of rotatable bonds is 6. The van der Waals surface area contributed by atoms with Crippen LogP contribution in [0, 0.1) is 0 Å². The van der Waals surface area contributed by atoms with E-state index in [4.69, 9.17) is 4.74 Å². The Hall–Kier alpha value is -1.46. The van der Waals surface area contributed by atoms with Gasteiger partial charge in [-0.05, 0) is 18.0 Å². The molecule has 0 amide bonds. The van der Waals surface area contributed by atoms with Crippen LogP contribution < -0.4 is 10.1 Å². The molecule has 0 saturated carbocycles. The molecule has 0 aliphatic heterocycles. The first-order valence-electron chi connectivity index (χ1n) is 5.55. The molecule has 90 valence electrons. The van der Waals surface area contributed by atoms with Crippen molar-refractivity contribution in [1.29, 1.82) is 0 Å². The van der Waals surface area contributed by atoms with Gasteiger partial charge in [-0.25, -0.2) is 9.97 Å². The Morgan fingerprint density at radius 3 is 3.18 bits per heavy atom. The van der Waals surface area contributed by atoms with Gasteiger partial charge in [-0.15, -0.1) is 11.3 Å². The molecule has 0 radical (unpaired) electrons. The van der Waals surface area contributed by atoms with Crippen LogP contribution in [0.4, 0.5) is 0 Å². The highest BCUT2D eigenvalue weighted by Crippen LogP contribution is 2.16. The van der Waals surface area contributed by atoms with E-state index in [9.17, 15) is 0 Å². The fraction of sp³-hybridized carbons (Fsp3) is 0.333. The van der Waals surface area contributed by atoms with Crippen molar-refractivity contribution < 1.29 is 4.74 Å². The quantitative estimate of drug-likeness (QED) is 0.852. The van der Waals surface area contributed by atoms with Gasteiger partial charge >= 0.3 is 0 Å². The van der Waals surface area contributed by atoms with Crippen molar-refractivity contribution >= 4 is 11.3 Å². The summed E-state index contributed by atoms with van der Waals surface area (Å²) in [7, 11) is 0. The van der Waals surface area contributed by atoms with E-state index < -0.39 is 0 Å². The molecule has 2 heterocycles. The minimum Gasteiger partial charge on any atom is -0.472 e. The largest absolute Gasteiger partial charge is 0.472 e. The van der Waals surface area contributed by atoms with E-state index in [-0.39, 0.29) is 0 Å². The smallest absolute Gasteiger partial charge is 0.221 e. The van der Waals surface area contributed by atoms with E-state index in [1.807, 2.05) is 11.4 Å². The zero-order chi connectivity index (χ0) is 11.9. The molecule has 4 nitrogen and oxygen atoms in total. The van der Waals surface area contributed by atoms with Crippen LogP contribution in [-0.2, 0) is 13.2 Å². The molecule has 0 fully saturated rings. The molecule has 0 bridgehead atoms. The second-order valence-electron chi connectivity index (χ2n) is 3.50. The van der Waals surface area contributed by atoms with Gasteiger partial charge in [0.25, 0.3) is 0 Å². The topological polar surface area (TPSA) is 47.0 Å². The van der Waals surface area contributed by atoms with Crippen molar-refractivity contribution in [2.75, 3.05) is 6.54 Å². The summed E-state index contributed by atoms with van der Waals surface area (Å²) in [6.07, 6.45) is 3.30. The van der Waals surface area contributed by atoms with Crippen LogP contribution in [0.1, 0.15) is 17.4 Å². The lowest BCUT2D eigenvalue weighted by Crippen LogP contribution is -2.13. The third-order valence-corrected chi connectivity index (χ3v) is 3.09. The Morgan fingerprint density at radius 1 is 1.47 bits per heavy atom. The van der Waals surface area contributed by atoms with E-state index in [1.165, 1.54) is 11.2 Å². The van der Waals surface area contributed by atoms with Crippen LogP contribution in [0.15, 0.2) is 30.0 Å². The number of nitrogens with zero attached hydrogens (tertiary/aromatic N) is 2. The average molecular weight is 249 g/mol. The van der Waals surface area contributed by atoms with Gasteiger partial charge < -0.3 is 10.1 Å². The molecule has 0 aliphatic rings. The van der Waals surface area contributed by atoms with E-state index in [1.54, 1.807) is 17.5 Å². The number of thiophene rings is 1. The van der Waals surface area contributed by atoms with Gasteiger partial charge in [0.1, 0.15) is 12.9 Å². The third-order valence-electron chi connectivity index (χ3n) is 2.24. The molecule has 1 N–H and O–H groups in total. The SMILES string of the molecule is CCNCc1cncnc1OCc1cccs1. The molecule has 5 heteroatoms. The van der Waals surface area contributed by atoms with Gasteiger partial charge in [-0.1, -0.05) is 13.0 Å².